The minimum atomic E-state index is -0.202. The van der Waals surface area contributed by atoms with Crippen molar-refractivity contribution in [1.29, 1.82) is 0 Å². The van der Waals surface area contributed by atoms with Crippen LogP contribution >= 0.6 is 0 Å². The molecule has 1 aromatic carbocycles. The average Bonchev–Trinajstić information content (AvgIpc) is 3.12. The number of benzene rings is 1. The molecule has 24 heavy (non-hydrogen) atoms. The first-order chi connectivity index (χ1) is 11.7. The third-order valence-electron chi connectivity index (χ3n) is 3.97. The van der Waals surface area contributed by atoms with Crippen molar-refractivity contribution < 1.29 is 9.53 Å². The number of hydrogen-bond acceptors (Lipinski definition) is 5. The van der Waals surface area contributed by atoms with Gasteiger partial charge in [0.05, 0.1) is 6.10 Å². The molecule has 6 heteroatoms. The van der Waals surface area contributed by atoms with E-state index in [0.29, 0.717) is 24.6 Å². The van der Waals surface area contributed by atoms with Crippen LogP contribution in [0.4, 0.5) is 5.82 Å². The number of rotatable bonds is 6. The summed E-state index contributed by atoms with van der Waals surface area (Å²) in [7, 11) is 0. The molecule has 2 heterocycles. The number of nitrogens with zero attached hydrogens (tertiary/aromatic N) is 2. The highest BCUT2D eigenvalue weighted by atomic mass is 16.5. The minimum Gasteiger partial charge on any atom is -0.376 e. The van der Waals surface area contributed by atoms with Crippen LogP contribution < -0.4 is 10.6 Å². The van der Waals surface area contributed by atoms with E-state index in [1.807, 2.05) is 6.07 Å². The predicted molar refractivity (Wildman–Crippen MR) is 91.8 cm³/mol. The fraction of sp³-hybridized carbons (Fsp3) is 0.389. The number of carbonyl (C=O) groups excluding carboxylic acids is 1. The molecular formula is C18H22N4O2. The van der Waals surface area contributed by atoms with Crippen LogP contribution in [0.15, 0.2) is 36.7 Å². The van der Waals surface area contributed by atoms with Gasteiger partial charge in [-0.05, 0) is 25.3 Å². The third kappa shape index (κ3) is 4.52. The van der Waals surface area contributed by atoms with E-state index in [4.69, 9.17) is 4.74 Å². The van der Waals surface area contributed by atoms with E-state index in [-0.39, 0.29) is 12.0 Å². The van der Waals surface area contributed by atoms with E-state index in [2.05, 4.69) is 45.7 Å². The minimum absolute atomic E-state index is 0.120. The molecule has 1 aromatic heterocycles. The number of amides is 1. The lowest BCUT2D eigenvalue weighted by Crippen LogP contribution is -2.32. The molecule has 1 aliphatic rings. The van der Waals surface area contributed by atoms with Gasteiger partial charge in [0.25, 0.3) is 5.91 Å². The molecule has 0 saturated carbocycles. The van der Waals surface area contributed by atoms with Gasteiger partial charge in [0, 0.05) is 25.8 Å². The summed E-state index contributed by atoms with van der Waals surface area (Å²) < 4.78 is 5.50. The number of nitrogens with one attached hydrogen (secondary N) is 2. The van der Waals surface area contributed by atoms with Crippen molar-refractivity contribution >= 4 is 11.7 Å². The summed E-state index contributed by atoms with van der Waals surface area (Å²) in [5.74, 6) is 0.431. The second-order valence-corrected chi connectivity index (χ2v) is 5.98. The van der Waals surface area contributed by atoms with Crippen molar-refractivity contribution in [2.24, 2.45) is 0 Å². The first-order valence-corrected chi connectivity index (χ1v) is 8.22. The third-order valence-corrected chi connectivity index (χ3v) is 3.97. The summed E-state index contributed by atoms with van der Waals surface area (Å²) in [4.78, 5) is 20.4. The molecule has 1 fully saturated rings. The summed E-state index contributed by atoms with van der Waals surface area (Å²) >= 11 is 0. The highest BCUT2D eigenvalue weighted by Gasteiger charge is 2.17. The fourth-order valence-electron chi connectivity index (χ4n) is 2.70. The number of anilines is 1. The molecule has 6 nitrogen and oxygen atoms in total. The van der Waals surface area contributed by atoms with Gasteiger partial charge in [-0.25, -0.2) is 9.97 Å². The Labute approximate surface area is 141 Å². The monoisotopic (exact) mass is 326 g/mol. The van der Waals surface area contributed by atoms with Crippen molar-refractivity contribution in [3.8, 4) is 0 Å². The molecule has 1 atom stereocenters. The highest BCUT2D eigenvalue weighted by molar-refractivity contribution is 5.92. The maximum Gasteiger partial charge on any atom is 0.270 e. The maximum absolute atomic E-state index is 12.2. The van der Waals surface area contributed by atoms with Crippen molar-refractivity contribution in [2.75, 3.05) is 18.5 Å². The Balaban J connectivity index is 1.55. The largest absolute Gasteiger partial charge is 0.376 e. The van der Waals surface area contributed by atoms with Gasteiger partial charge in [-0.1, -0.05) is 29.8 Å². The molecule has 0 spiro atoms. The smallest absolute Gasteiger partial charge is 0.270 e. The Morgan fingerprint density at radius 3 is 3.04 bits per heavy atom. The molecule has 126 valence electrons. The van der Waals surface area contributed by atoms with Crippen molar-refractivity contribution in [2.45, 2.75) is 32.4 Å². The molecule has 1 unspecified atom stereocenters. The SMILES string of the molecule is Cc1cccc(CNc2cc(C(=O)NCC3CCCO3)ncn2)c1. The average molecular weight is 326 g/mol. The number of carbonyl (C=O) groups is 1. The maximum atomic E-state index is 12.2. The number of hydrogen-bond donors (Lipinski definition) is 2. The molecule has 0 bridgehead atoms. The van der Waals surface area contributed by atoms with E-state index in [9.17, 15) is 4.79 Å². The fourth-order valence-corrected chi connectivity index (χ4v) is 2.70. The van der Waals surface area contributed by atoms with Gasteiger partial charge < -0.3 is 15.4 Å². The molecule has 2 N–H and O–H groups in total. The van der Waals surface area contributed by atoms with Crippen LogP contribution in [0.25, 0.3) is 0 Å². The summed E-state index contributed by atoms with van der Waals surface area (Å²) in [6.07, 6.45) is 3.57. The predicted octanol–water partition coefficient (Wildman–Crippen LogP) is 2.31. The lowest BCUT2D eigenvalue weighted by Gasteiger charge is -2.11. The van der Waals surface area contributed by atoms with Crippen LogP contribution in [0, 0.1) is 6.92 Å². The van der Waals surface area contributed by atoms with Gasteiger partial charge in [0.2, 0.25) is 0 Å². The van der Waals surface area contributed by atoms with E-state index >= 15 is 0 Å². The van der Waals surface area contributed by atoms with E-state index in [0.717, 1.165) is 25.0 Å². The lowest BCUT2D eigenvalue weighted by molar-refractivity contribution is 0.0853. The number of ether oxygens (including phenoxy) is 1. The van der Waals surface area contributed by atoms with Gasteiger partial charge in [0.15, 0.2) is 0 Å². The Bertz CT molecular complexity index is 699. The Morgan fingerprint density at radius 1 is 1.33 bits per heavy atom. The van der Waals surface area contributed by atoms with Crippen LogP contribution in [0.5, 0.6) is 0 Å². The van der Waals surface area contributed by atoms with Crippen LogP contribution in [-0.2, 0) is 11.3 Å². The van der Waals surface area contributed by atoms with Gasteiger partial charge in [-0.3, -0.25) is 4.79 Å². The molecule has 1 saturated heterocycles. The molecule has 3 rings (SSSR count). The van der Waals surface area contributed by atoms with Gasteiger partial charge in [-0.15, -0.1) is 0 Å². The summed E-state index contributed by atoms with van der Waals surface area (Å²) in [5.41, 5.74) is 2.74. The zero-order chi connectivity index (χ0) is 16.8. The normalized spacial score (nSPS) is 16.8. The Hall–Kier alpha value is -2.47. The van der Waals surface area contributed by atoms with Crippen molar-refractivity contribution in [1.82, 2.24) is 15.3 Å². The van der Waals surface area contributed by atoms with Crippen LogP contribution in [0.2, 0.25) is 0 Å². The summed E-state index contributed by atoms with van der Waals surface area (Å²) in [6.45, 7) is 4.01. The number of aryl methyl sites for hydroxylation is 1. The summed E-state index contributed by atoms with van der Waals surface area (Å²) in [6, 6.07) is 9.92. The molecule has 0 radical (unpaired) electrons. The van der Waals surface area contributed by atoms with Gasteiger partial charge >= 0.3 is 0 Å². The Kier molecular flexibility index (Phi) is 5.38. The first kappa shape index (κ1) is 16.4. The number of aromatic nitrogens is 2. The molecule has 0 aliphatic carbocycles. The summed E-state index contributed by atoms with van der Waals surface area (Å²) in [5, 5.41) is 6.09. The molecular weight excluding hydrogens is 304 g/mol. The van der Waals surface area contributed by atoms with Crippen LogP contribution in [0.3, 0.4) is 0 Å². The van der Waals surface area contributed by atoms with E-state index in [1.165, 1.54) is 11.9 Å². The standard InChI is InChI=1S/C18H22N4O2/c1-13-4-2-5-14(8-13)10-19-17-9-16(21-12-22-17)18(23)20-11-15-6-3-7-24-15/h2,4-5,8-9,12,15H,3,6-7,10-11H2,1H3,(H,20,23)(H,19,21,22). The second-order valence-electron chi connectivity index (χ2n) is 5.98. The first-order valence-electron chi connectivity index (χ1n) is 8.22. The lowest BCUT2D eigenvalue weighted by atomic mass is 10.1. The van der Waals surface area contributed by atoms with Crippen LogP contribution in [-0.4, -0.2) is 35.1 Å². The quantitative estimate of drug-likeness (QED) is 0.852. The molecule has 2 aromatic rings. The molecule has 1 amide bonds. The van der Waals surface area contributed by atoms with Crippen molar-refractivity contribution in [3.05, 3.63) is 53.5 Å². The van der Waals surface area contributed by atoms with E-state index < -0.39 is 0 Å². The van der Waals surface area contributed by atoms with Gasteiger partial charge in [-0.2, -0.15) is 0 Å². The van der Waals surface area contributed by atoms with Crippen molar-refractivity contribution in [3.63, 3.8) is 0 Å². The van der Waals surface area contributed by atoms with Gasteiger partial charge in [0.1, 0.15) is 17.8 Å². The Morgan fingerprint density at radius 2 is 2.25 bits per heavy atom. The van der Waals surface area contributed by atoms with Crippen LogP contribution in [0.1, 0.15) is 34.5 Å². The zero-order valence-electron chi connectivity index (χ0n) is 13.8. The highest BCUT2D eigenvalue weighted by Crippen LogP contribution is 2.11. The van der Waals surface area contributed by atoms with E-state index in [1.54, 1.807) is 6.07 Å². The molecule has 1 aliphatic heterocycles. The topological polar surface area (TPSA) is 76.1 Å². The second kappa shape index (κ2) is 7.88. The zero-order valence-corrected chi connectivity index (χ0v) is 13.8.